The standard InChI is InChI=1S/C15H20N2O3/c1-9(2)12(15(16)20)17-13(10(3)18)14(19)11-7-5-4-6-8-11/h4-9,12-13,17H,1-3H3,(H2,16,20). The monoisotopic (exact) mass is 276 g/mol. The maximum Gasteiger partial charge on any atom is 0.234 e. The van der Waals surface area contributed by atoms with Gasteiger partial charge in [-0.3, -0.25) is 19.7 Å². The molecule has 108 valence electrons. The molecule has 5 nitrogen and oxygen atoms in total. The van der Waals surface area contributed by atoms with E-state index in [0.29, 0.717) is 5.56 Å². The number of nitrogens with two attached hydrogens (primary N) is 1. The van der Waals surface area contributed by atoms with Crippen LogP contribution in [0.25, 0.3) is 0 Å². The van der Waals surface area contributed by atoms with Crippen molar-refractivity contribution >= 4 is 17.5 Å². The molecule has 20 heavy (non-hydrogen) atoms. The molecule has 0 spiro atoms. The van der Waals surface area contributed by atoms with E-state index in [1.807, 2.05) is 0 Å². The van der Waals surface area contributed by atoms with Gasteiger partial charge in [-0.2, -0.15) is 0 Å². The van der Waals surface area contributed by atoms with Crippen LogP contribution in [0.3, 0.4) is 0 Å². The number of ketones is 2. The van der Waals surface area contributed by atoms with E-state index >= 15 is 0 Å². The number of Topliss-reactive ketones (excluding diaryl/α,β-unsaturated/α-hetero) is 2. The molecule has 5 heteroatoms. The first-order valence-corrected chi connectivity index (χ1v) is 6.49. The molecule has 0 radical (unpaired) electrons. The molecule has 1 amide bonds. The van der Waals surface area contributed by atoms with Gasteiger partial charge in [-0.1, -0.05) is 44.2 Å². The smallest absolute Gasteiger partial charge is 0.234 e. The fourth-order valence-electron chi connectivity index (χ4n) is 1.93. The normalized spacial score (nSPS) is 13.8. The van der Waals surface area contributed by atoms with E-state index in [2.05, 4.69) is 5.32 Å². The van der Waals surface area contributed by atoms with Crippen LogP contribution in [0.1, 0.15) is 31.1 Å². The first kappa shape index (κ1) is 16.0. The van der Waals surface area contributed by atoms with Crippen molar-refractivity contribution in [3.63, 3.8) is 0 Å². The molecule has 0 heterocycles. The Morgan fingerprint density at radius 3 is 2.05 bits per heavy atom. The number of nitrogens with one attached hydrogen (secondary N) is 1. The summed E-state index contributed by atoms with van der Waals surface area (Å²) in [6, 6.07) is 6.71. The lowest BCUT2D eigenvalue weighted by molar-refractivity contribution is -0.122. The van der Waals surface area contributed by atoms with Crippen molar-refractivity contribution in [3.8, 4) is 0 Å². The molecule has 0 aromatic heterocycles. The molecule has 1 aromatic carbocycles. The van der Waals surface area contributed by atoms with Gasteiger partial charge in [0.05, 0.1) is 6.04 Å². The van der Waals surface area contributed by atoms with Crippen LogP contribution in [-0.4, -0.2) is 29.6 Å². The molecule has 0 saturated heterocycles. The highest BCUT2D eigenvalue weighted by Crippen LogP contribution is 2.08. The van der Waals surface area contributed by atoms with Gasteiger partial charge in [-0.15, -0.1) is 0 Å². The SMILES string of the molecule is CC(=O)C(NC(C(N)=O)C(C)C)C(=O)c1ccccc1. The third-order valence-electron chi connectivity index (χ3n) is 3.05. The van der Waals surface area contributed by atoms with Crippen LogP contribution < -0.4 is 11.1 Å². The highest BCUT2D eigenvalue weighted by molar-refractivity contribution is 6.13. The number of carbonyl (C=O) groups excluding carboxylic acids is 3. The molecule has 1 rings (SSSR count). The van der Waals surface area contributed by atoms with Gasteiger partial charge in [0.1, 0.15) is 6.04 Å². The summed E-state index contributed by atoms with van der Waals surface area (Å²) in [6.45, 7) is 4.91. The molecule has 0 saturated carbocycles. The van der Waals surface area contributed by atoms with E-state index in [1.165, 1.54) is 6.92 Å². The highest BCUT2D eigenvalue weighted by atomic mass is 16.2. The second-order valence-corrected chi connectivity index (χ2v) is 5.06. The maximum absolute atomic E-state index is 12.3. The average Bonchev–Trinajstić information content (AvgIpc) is 2.38. The van der Waals surface area contributed by atoms with Crippen LogP contribution in [0.15, 0.2) is 30.3 Å². The van der Waals surface area contributed by atoms with E-state index < -0.39 is 18.0 Å². The first-order chi connectivity index (χ1) is 9.34. The summed E-state index contributed by atoms with van der Waals surface area (Å²) in [5.74, 6) is -1.39. The number of hydrogen-bond acceptors (Lipinski definition) is 4. The van der Waals surface area contributed by atoms with Gasteiger partial charge in [0, 0.05) is 5.56 Å². The van der Waals surface area contributed by atoms with Crippen LogP contribution in [0, 0.1) is 5.92 Å². The summed E-state index contributed by atoms with van der Waals surface area (Å²) < 4.78 is 0. The van der Waals surface area contributed by atoms with E-state index in [0.717, 1.165) is 0 Å². The summed E-state index contributed by atoms with van der Waals surface area (Å²) in [5.41, 5.74) is 5.72. The van der Waals surface area contributed by atoms with Crippen molar-refractivity contribution in [1.29, 1.82) is 0 Å². The van der Waals surface area contributed by atoms with Gasteiger partial charge in [-0.25, -0.2) is 0 Å². The lowest BCUT2D eigenvalue weighted by atomic mass is 9.97. The number of primary amides is 1. The van der Waals surface area contributed by atoms with Crippen molar-refractivity contribution in [2.75, 3.05) is 0 Å². The zero-order valence-corrected chi connectivity index (χ0v) is 11.9. The topological polar surface area (TPSA) is 89.3 Å². The fraction of sp³-hybridized carbons (Fsp3) is 0.400. The van der Waals surface area contributed by atoms with Gasteiger partial charge >= 0.3 is 0 Å². The molecule has 3 N–H and O–H groups in total. The summed E-state index contributed by atoms with van der Waals surface area (Å²) in [6.07, 6.45) is 0. The molecule has 0 fully saturated rings. The minimum atomic E-state index is -1.06. The predicted octanol–water partition coefficient (Wildman–Crippen LogP) is 0.926. The summed E-state index contributed by atoms with van der Waals surface area (Å²) >= 11 is 0. The largest absolute Gasteiger partial charge is 0.368 e. The summed E-state index contributed by atoms with van der Waals surface area (Å²) in [4.78, 5) is 35.4. The fourth-order valence-corrected chi connectivity index (χ4v) is 1.93. The van der Waals surface area contributed by atoms with E-state index in [1.54, 1.807) is 44.2 Å². The Labute approximate surface area is 118 Å². The lowest BCUT2D eigenvalue weighted by Gasteiger charge is -2.24. The first-order valence-electron chi connectivity index (χ1n) is 6.49. The quantitative estimate of drug-likeness (QED) is 0.572. The van der Waals surface area contributed by atoms with Gasteiger partial charge in [0.2, 0.25) is 5.91 Å². The molecule has 2 unspecified atom stereocenters. The number of hydrogen-bond donors (Lipinski definition) is 2. The third-order valence-corrected chi connectivity index (χ3v) is 3.05. The molecule has 0 aliphatic heterocycles. The van der Waals surface area contributed by atoms with Crippen molar-refractivity contribution < 1.29 is 14.4 Å². The zero-order chi connectivity index (χ0) is 15.3. The molecule has 0 aliphatic rings. The minimum Gasteiger partial charge on any atom is -0.368 e. The Morgan fingerprint density at radius 1 is 1.10 bits per heavy atom. The Hall–Kier alpha value is -2.01. The van der Waals surface area contributed by atoms with Crippen molar-refractivity contribution in [3.05, 3.63) is 35.9 Å². The summed E-state index contributed by atoms with van der Waals surface area (Å²) in [7, 11) is 0. The van der Waals surface area contributed by atoms with Gasteiger partial charge in [0.25, 0.3) is 0 Å². The van der Waals surface area contributed by atoms with Crippen LogP contribution >= 0.6 is 0 Å². The summed E-state index contributed by atoms with van der Waals surface area (Å²) in [5, 5.41) is 2.78. The van der Waals surface area contributed by atoms with Crippen LogP contribution in [0.2, 0.25) is 0 Å². The Kier molecular flexibility index (Phi) is 5.58. The van der Waals surface area contributed by atoms with Gasteiger partial charge < -0.3 is 5.73 Å². The van der Waals surface area contributed by atoms with Crippen LogP contribution in [-0.2, 0) is 9.59 Å². The number of carbonyl (C=O) groups is 3. The molecule has 0 bridgehead atoms. The lowest BCUT2D eigenvalue weighted by Crippen LogP contribution is -2.54. The highest BCUT2D eigenvalue weighted by Gasteiger charge is 2.30. The van der Waals surface area contributed by atoms with Crippen molar-refractivity contribution in [1.82, 2.24) is 5.32 Å². The number of rotatable bonds is 7. The minimum absolute atomic E-state index is 0.113. The van der Waals surface area contributed by atoms with E-state index in [4.69, 9.17) is 5.73 Å². The van der Waals surface area contributed by atoms with Crippen LogP contribution in [0.5, 0.6) is 0 Å². The Bertz CT molecular complexity index is 497. The molecular weight excluding hydrogens is 256 g/mol. The Morgan fingerprint density at radius 2 is 1.65 bits per heavy atom. The van der Waals surface area contributed by atoms with Crippen molar-refractivity contribution in [2.45, 2.75) is 32.9 Å². The van der Waals surface area contributed by atoms with E-state index in [9.17, 15) is 14.4 Å². The third kappa shape index (κ3) is 3.99. The molecule has 2 atom stereocenters. The average molecular weight is 276 g/mol. The van der Waals surface area contributed by atoms with E-state index in [-0.39, 0.29) is 17.5 Å². The molecular formula is C15H20N2O3. The zero-order valence-electron chi connectivity index (χ0n) is 11.9. The number of benzene rings is 1. The van der Waals surface area contributed by atoms with Crippen LogP contribution in [0.4, 0.5) is 0 Å². The number of amides is 1. The molecule has 0 aliphatic carbocycles. The second-order valence-electron chi connectivity index (χ2n) is 5.06. The Balaban J connectivity index is 2.98. The van der Waals surface area contributed by atoms with Crippen molar-refractivity contribution in [2.24, 2.45) is 11.7 Å². The maximum atomic E-state index is 12.3. The predicted molar refractivity (Wildman–Crippen MR) is 76.2 cm³/mol. The van der Waals surface area contributed by atoms with Gasteiger partial charge in [-0.05, 0) is 12.8 Å². The molecule has 1 aromatic rings. The van der Waals surface area contributed by atoms with Gasteiger partial charge in [0.15, 0.2) is 11.6 Å². The second kappa shape index (κ2) is 6.96.